The van der Waals surface area contributed by atoms with Crippen LogP contribution in [0, 0.1) is 0 Å². The number of carbonyl (C=O) groups is 1. The van der Waals surface area contributed by atoms with Crippen LogP contribution in [-0.4, -0.2) is 59.7 Å². The van der Waals surface area contributed by atoms with Gasteiger partial charge in [0.05, 0.1) is 26.1 Å². The molecule has 10 heteroatoms. The SMILES string of the molecule is CCCCCCCCCCCCCCCCCC/C=C\OC[C@H](COP(=O)(O)OC[C@@H](O)CO)OC(=O)CCCCCCCCCCCCCCCCCCCCC. The monoisotopic (exact) mass is 847 g/mol. The average Bonchev–Trinajstić information content (AvgIpc) is 3.21. The molecule has 0 rings (SSSR count). The Hall–Kier alpha value is -0.960. The Morgan fingerprint density at radius 1 is 0.517 bits per heavy atom. The number of unbranched alkanes of at least 4 members (excludes halogenated alkanes) is 34. The van der Waals surface area contributed by atoms with E-state index < -0.39 is 45.8 Å². The summed E-state index contributed by atoms with van der Waals surface area (Å²) in [6.45, 7) is 2.94. The predicted molar refractivity (Wildman–Crippen MR) is 242 cm³/mol. The molecule has 0 aliphatic rings. The summed E-state index contributed by atoms with van der Waals surface area (Å²) in [5.41, 5.74) is 0. The quantitative estimate of drug-likeness (QED) is 0.0237. The van der Waals surface area contributed by atoms with Crippen molar-refractivity contribution in [2.45, 2.75) is 264 Å². The van der Waals surface area contributed by atoms with E-state index in [1.165, 1.54) is 199 Å². The lowest BCUT2D eigenvalue weighted by Crippen LogP contribution is -2.28. The van der Waals surface area contributed by atoms with Crippen LogP contribution in [0.1, 0.15) is 251 Å². The molecule has 58 heavy (non-hydrogen) atoms. The first-order chi connectivity index (χ1) is 28.3. The van der Waals surface area contributed by atoms with E-state index in [0.29, 0.717) is 0 Å². The number of carbonyl (C=O) groups excluding carboxylic acids is 1. The second-order valence-corrected chi connectivity index (χ2v) is 18.4. The topological polar surface area (TPSA) is 132 Å². The molecular weight excluding hydrogens is 751 g/mol. The van der Waals surface area contributed by atoms with Crippen LogP contribution in [0.25, 0.3) is 0 Å². The minimum atomic E-state index is -4.53. The molecule has 0 heterocycles. The van der Waals surface area contributed by atoms with Crippen LogP contribution in [0.3, 0.4) is 0 Å². The third-order valence-corrected chi connectivity index (χ3v) is 12.0. The number of hydrogen-bond donors (Lipinski definition) is 3. The number of esters is 1. The van der Waals surface area contributed by atoms with Crippen molar-refractivity contribution in [3.05, 3.63) is 12.3 Å². The van der Waals surface area contributed by atoms with Crippen molar-refractivity contribution >= 4 is 13.8 Å². The Kier molecular flexibility index (Phi) is 44.8. The second-order valence-electron chi connectivity index (χ2n) is 16.9. The third-order valence-electron chi connectivity index (χ3n) is 11.0. The lowest BCUT2D eigenvalue weighted by molar-refractivity contribution is -0.153. The van der Waals surface area contributed by atoms with E-state index in [1.54, 1.807) is 6.26 Å². The standard InChI is InChI=1S/C48H95O9P/c1-3-5-7-9-11-13-15-17-19-21-23-24-26-28-30-32-34-36-38-40-48(51)57-47(45-56-58(52,53)55-43-46(50)42-49)44-54-41-39-37-35-33-31-29-27-25-22-20-18-16-14-12-10-8-6-4-2/h39,41,46-47,49-50H,3-38,40,42-45H2,1-2H3,(H,52,53)/b41-39-/t46-,47+/m0/s1. The normalized spacial score (nSPS) is 13.9. The highest BCUT2D eigenvalue weighted by molar-refractivity contribution is 7.47. The minimum Gasteiger partial charge on any atom is -0.498 e. The molecule has 0 saturated carbocycles. The number of ether oxygens (including phenoxy) is 2. The molecule has 346 valence electrons. The van der Waals surface area contributed by atoms with E-state index in [1.807, 2.05) is 6.08 Å². The van der Waals surface area contributed by atoms with Gasteiger partial charge in [0.25, 0.3) is 0 Å². The summed E-state index contributed by atoms with van der Waals surface area (Å²) in [6, 6.07) is 0. The van der Waals surface area contributed by atoms with Crippen molar-refractivity contribution in [2.24, 2.45) is 0 Å². The molecule has 0 bridgehead atoms. The van der Waals surface area contributed by atoms with Gasteiger partial charge in [0, 0.05) is 6.42 Å². The smallest absolute Gasteiger partial charge is 0.472 e. The number of aliphatic hydroxyl groups is 2. The molecule has 0 fully saturated rings. The Balaban J connectivity index is 4.10. The zero-order valence-electron chi connectivity index (χ0n) is 38.0. The van der Waals surface area contributed by atoms with Gasteiger partial charge < -0.3 is 24.6 Å². The van der Waals surface area contributed by atoms with Gasteiger partial charge >= 0.3 is 13.8 Å². The predicted octanol–water partition coefficient (Wildman–Crippen LogP) is 14.4. The van der Waals surface area contributed by atoms with Gasteiger partial charge in [-0.25, -0.2) is 4.57 Å². The summed E-state index contributed by atoms with van der Waals surface area (Å²) >= 11 is 0. The maximum atomic E-state index is 12.6. The lowest BCUT2D eigenvalue weighted by Gasteiger charge is -2.20. The first-order valence-corrected chi connectivity index (χ1v) is 26.2. The number of aliphatic hydroxyl groups excluding tert-OH is 2. The summed E-state index contributed by atoms with van der Waals surface area (Å²) in [4.78, 5) is 22.6. The van der Waals surface area contributed by atoms with E-state index in [4.69, 9.17) is 23.6 Å². The van der Waals surface area contributed by atoms with E-state index in [0.717, 1.165) is 32.1 Å². The number of hydrogen-bond acceptors (Lipinski definition) is 8. The highest BCUT2D eigenvalue weighted by Crippen LogP contribution is 2.43. The molecule has 3 atom stereocenters. The van der Waals surface area contributed by atoms with Crippen molar-refractivity contribution in [1.82, 2.24) is 0 Å². The van der Waals surface area contributed by atoms with Crippen molar-refractivity contribution in [2.75, 3.05) is 26.4 Å². The van der Waals surface area contributed by atoms with Crippen molar-refractivity contribution in [1.29, 1.82) is 0 Å². The zero-order chi connectivity index (χ0) is 42.5. The van der Waals surface area contributed by atoms with Crippen LogP contribution in [0.5, 0.6) is 0 Å². The highest BCUT2D eigenvalue weighted by atomic mass is 31.2. The molecule has 0 aliphatic carbocycles. The summed E-state index contributed by atoms with van der Waals surface area (Å²) < 4.78 is 33.2. The molecule has 0 aromatic carbocycles. The van der Waals surface area contributed by atoms with E-state index in [2.05, 4.69) is 13.8 Å². The molecular formula is C48H95O9P. The van der Waals surface area contributed by atoms with Crippen molar-refractivity contribution < 1.29 is 43.0 Å². The molecule has 3 N–H and O–H groups in total. The van der Waals surface area contributed by atoms with E-state index >= 15 is 0 Å². The summed E-state index contributed by atoms with van der Waals surface area (Å²) in [5.74, 6) is -0.397. The minimum absolute atomic E-state index is 0.0281. The van der Waals surface area contributed by atoms with Gasteiger partial charge in [-0.2, -0.15) is 0 Å². The summed E-state index contributed by atoms with van der Waals surface area (Å²) in [7, 11) is -4.53. The van der Waals surface area contributed by atoms with Gasteiger partial charge in [-0.15, -0.1) is 0 Å². The Morgan fingerprint density at radius 3 is 1.24 bits per heavy atom. The summed E-state index contributed by atoms with van der Waals surface area (Å²) in [6.07, 6.45) is 48.4. The van der Waals surface area contributed by atoms with Crippen LogP contribution < -0.4 is 0 Å². The van der Waals surface area contributed by atoms with Crippen molar-refractivity contribution in [3.63, 3.8) is 0 Å². The Bertz CT molecular complexity index is 918. The van der Waals surface area contributed by atoms with Gasteiger partial charge in [-0.3, -0.25) is 13.8 Å². The molecule has 0 spiro atoms. The number of phosphoric ester groups is 1. The highest BCUT2D eigenvalue weighted by Gasteiger charge is 2.26. The van der Waals surface area contributed by atoms with Crippen LogP contribution in [0.2, 0.25) is 0 Å². The maximum absolute atomic E-state index is 12.6. The molecule has 0 aromatic rings. The average molecular weight is 847 g/mol. The van der Waals surface area contributed by atoms with Crippen LogP contribution in [0.4, 0.5) is 0 Å². The molecule has 0 saturated heterocycles. The molecule has 9 nitrogen and oxygen atoms in total. The van der Waals surface area contributed by atoms with Crippen LogP contribution >= 0.6 is 7.82 Å². The first kappa shape index (κ1) is 57.0. The third kappa shape index (κ3) is 44.6. The summed E-state index contributed by atoms with van der Waals surface area (Å²) in [5, 5.41) is 18.4. The van der Waals surface area contributed by atoms with E-state index in [9.17, 15) is 19.4 Å². The van der Waals surface area contributed by atoms with Gasteiger partial charge in [0.1, 0.15) is 12.7 Å². The number of allylic oxidation sites excluding steroid dienone is 1. The fraction of sp³-hybridized carbons (Fsp3) is 0.938. The molecule has 0 aliphatic heterocycles. The Morgan fingerprint density at radius 2 is 0.862 bits per heavy atom. The largest absolute Gasteiger partial charge is 0.498 e. The Labute approximate surface area is 358 Å². The lowest BCUT2D eigenvalue weighted by atomic mass is 10.0. The maximum Gasteiger partial charge on any atom is 0.472 e. The second kappa shape index (κ2) is 45.6. The van der Waals surface area contributed by atoms with Crippen LogP contribution in [0.15, 0.2) is 12.3 Å². The van der Waals surface area contributed by atoms with Gasteiger partial charge in [-0.1, -0.05) is 226 Å². The van der Waals surface area contributed by atoms with Gasteiger partial charge in [0.2, 0.25) is 0 Å². The molecule has 0 radical (unpaired) electrons. The van der Waals surface area contributed by atoms with Gasteiger partial charge in [0.15, 0.2) is 6.10 Å². The van der Waals surface area contributed by atoms with Crippen molar-refractivity contribution in [3.8, 4) is 0 Å². The molecule has 0 aromatic heterocycles. The zero-order valence-corrected chi connectivity index (χ0v) is 38.9. The number of rotatable bonds is 48. The molecule has 1 unspecified atom stereocenters. The fourth-order valence-electron chi connectivity index (χ4n) is 7.27. The van der Waals surface area contributed by atoms with E-state index in [-0.39, 0.29) is 13.0 Å². The molecule has 0 amide bonds. The van der Waals surface area contributed by atoms with Crippen LogP contribution in [-0.2, 0) is 27.9 Å². The van der Waals surface area contributed by atoms with Gasteiger partial charge in [-0.05, 0) is 25.3 Å². The first-order valence-electron chi connectivity index (χ1n) is 24.7. The number of phosphoric acid groups is 1. The fourth-order valence-corrected chi connectivity index (χ4v) is 8.06.